The zero-order valence-electron chi connectivity index (χ0n) is 22.5. The molecular weight excluding hydrogens is 563 g/mol. The Morgan fingerprint density at radius 1 is 1.15 bits per heavy atom. The number of aryl methyl sites for hydroxylation is 2. The topological polar surface area (TPSA) is 84.3 Å². The standard InChI is InChI=1S/C31H30ClFN4O3S/c1-36-16-15-34-30(36)19-37(31(38)26-18-24(26)21-9-12-22(32)13-10-21)23-14-11-20-5-4-7-28(25(20)17-23)35-41(39,40)29-8-3-2-6-27(29)33/h2-3,6,8-17,24,26,28,35H,4-5,7,18-19H2,1H3/t24-,26-,28+/m0/s1. The first-order valence-electron chi connectivity index (χ1n) is 13.6. The van der Waals surface area contributed by atoms with Crippen molar-refractivity contribution in [2.75, 3.05) is 4.90 Å². The zero-order chi connectivity index (χ0) is 28.7. The number of nitrogens with one attached hydrogen (secondary N) is 1. The number of benzene rings is 3. The Morgan fingerprint density at radius 3 is 2.66 bits per heavy atom. The highest BCUT2D eigenvalue weighted by Gasteiger charge is 2.46. The molecule has 41 heavy (non-hydrogen) atoms. The number of halogens is 2. The first kappa shape index (κ1) is 27.6. The van der Waals surface area contributed by atoms with Gasteiger partial charge in [0.1, 0.15) is 16.5 Å². The SMILES string of the molecule is Cn1ccnc1CN(C(=O)[C@H]1C[C@H]1c1ccc(Cl)cc1)c1ccc2c(c1)[C@H](NS(=O)(=O)c1ccccc1F)CCC2. The third kappa shape index (κ3) is 5.66. The quantitative estimate of drug-likeness (QED) is 0.276. The molecule has 0 spiro atoms. The van der Waals surface area contributed by atoms with Crippen LogP contribution in [0.3, 0.4) is 0 Å². The van der Waals surface area contributed by atoms with Crippen LogP contribution in [0.4, 0.5) is 10.1 Å². The lowest BCUT2D eigenvalue weighted by Gasteiger charge is -2.29. The summed E-state index contributed by atoms with van der Waals surface area (Å²) < 4.78 is 45.3. The number of hydrogen-bond acceptors (Lipinski definition) is 4. The number of anilines is 1. The van der Waals surface area contributed by atoms with E-state index in [1.807, 2.05) is 60.3 Å². The van der Waals surface area contributed by atoms with E-state index >= 15 is 0 Å². The first-order chi connectivity index (χ1) is 19.7. The van der Waals surface area contributed by atoms with Crippen LogP contribution in [0.25, 0.3) is 0 Å². The molecule has 0 bridgehead atoms. The van der Waals surface area contributed by atoms with Gasteiger partial charge in [0.05, 0.1) is 6.54 Å². The van der Waals surface area contributed by atoms with Gasteiger partial charge in [0, 0.05) is 42.1 Å². The maximum Gasteiger partial charge on any atom is 0.244 e. The molecule has 1 aromatic heterocycles. The number of amides is 1. The van der Waals surface area contributed by atoms with Gasteiger partial charge in [0.15, 0.2) is 0 Å². The van der Waals surface area contributed by atoms with Crippen molar-refractivity contribution in [3.8, 4) is 0 Å². The Morgan fingerprint density at radius 2 is 1.93 bits per heavy atom. The maximum atomic E-state index is 14.4. The van der Waals surface area contributed by atoms with Crippen molar-refractivity contribution in [2.45, 2.75) is 49.1 Å². The third-order valence-electron chi connectivity index (χ3n) is 8.07. The molecule has 7 nitrogen and oxygen atoms in total. The van der Waals surface area contributed by atoms with E-state index in [4.69, 9.17) is 11.6 Å². The van der Waals surface area contributed by atoms with Crippen LogP contribution in [0.5, 0.6) is 0 Å². The molecule has 2 aliphatic carbocycles. The van der Waals surface area contributed by atoms with Gasteiger partial charge in [-0.25, -0.2) is 22.5 Å². The molecule has 1 amide bonds. The third-order valence-corrected chi connectivity index (χ3v) is 9.83. The van der Waals surface area contributed by atoms with E-state index in [0.717, 1.165) is 47.8 Å². The number of carbonyl (C=O) groups excluding carboxylic acids is 1. The van der Waals surface area contributed by atoms with Gasteiger partial charge in [-0.15, -0.1) is 0 Å². The van der Waals surface area contributed by atoms with Crippen molar-refractivity contribution in [2.24, 2.45) is 13.0 Å². The number of sulfonamides is 1. The maximum absolute atomic E-state index is 14.4. The van der Waals surface area contributed by atoms with Crippen molar-refractivity contribution >= 4 is 33.2 Å². The Kier molecular flexibility index (Phi) is 7.44. The van der Waals surface area contributed by atoms with E-state index in [9.17, 15) is 17.6 Å². The molecule has 2 aliphatic rings. The van der Waals surface area contributed by atoms with Crippen molar-refractivity contribution in [1.82, 2.24) is 14.3 Å². The van der Waals surface area contributed by atoms with Crippen LogP contribution >= 0.6 is 11.6 Å². The van der Waals surface area contributed by atoms with Crippen molar-refractivity contribution in [1.29, 1.82) is 0 Å². The van der Waals surface area contributed by atoms with Gasteiger partial charge in [-0.1, -0.05) is 41.9 Å². The fourth-order valence-corrected chi connectivity index (χ4v) is 7.18. The monoisotopic (exact) mass is 592 g/mol. The predicted molar refractivity (Wildman–Crippen MR) is 156 cm³/mol. The number of carbonyl (C=O) groups is 1. The van der Waals surface area contributed by atoms with E-state index in [2.05, 4.69) is 9.71 Å². The molecule has 3 aromatic carbocycles. The number of aromatic nitrogens is 2. The number of nitrogens with zero attached hydrogens (tertiary/aromatic N) is 3. The van der Waals surface area contributed by atoms with E-state index in [1.54, 1.807) is 11.1 Å². The van der Waals surface area contributed by atoms with Crippen LogP contribution in [0.15, 0.2) is 84.0 Å². The summed E-state index contributed by atoms with van der Waals surface area (Å²) in [6.45, 7) is 0.274. The molecule has 1 heterocycles. The van der Waals surface area contributed by atoms with E-state index in [-0.39, 0.29) is 29.2 Å². The average molecular weight is 593 g/mol. The lowest BCUT2D eigenvalue weighted by Crippen LogP contribution is -2.34. The Hall–Kier alpha value is -3.53. The molecule has 212 valence electrons. The number of rotatable bonds is 8. The fourth-order valence-electron chi connectivity index (χ4n) is 5.72. The zero-order valence-corrected chi connectivity index (χ0v) is 24.1. The minimum absolute atomic E-state index is 0.00723. The predicted octanol–water partition coefficient (Wildman–Crippen LogP) is 5.91. The van der Waals surface area contributed by atoms with Gasteiger partial charge in [-0.2, -0.15) is 0 Å². The summed E-state index contributed by atoms with van der Waals surface area (Å²) in [6, 6.07) is 18.2. The van der Waals surface area contributed by atoms with Crippen molar-refractivity contribution in [3.63, 3.8) is 0 Å². The molecule has 0 saturated heterocycles. The van der Waals surface area contributed by atoms with Gasteiger partial charge in [0.2, 0.25) is 15.9 Å². The summed E-state index contributed by atoms with van der Waals surface area (Å²) in [5.74, 6) is -0.135. The van der Waals surface area contributed by atoms with Crippen LogP contribution in [-0.2, 0) is 34.8 Å². The average Bonchev–Trinajstić information content (AvgIpc) is 3.66. The molecule has 1 N–H and O–H groups in total. The lowest BCUT2D eigenvalue weighted by atomic mass is 9.87. The summed E-state index contributed by atoms with van der Waals surface area (Å²) in [7, 11) is -2.21. The summed E-state index contributed by atoms with van der Waals surface area (Å²) >= 11 is 6.07. The van der Waals surface area contributed by atoms with E-state index < -0.39 is 21.9 Å². The van der Waals surface area contributed by atoms with Crippen molar-refractivity contribution < 1.29 is 17.6 Å². The highest BCUT2D eigenvalue weighted by Crippen LogP contribution is 2.49. The summed E-state index contributed by atoms with van der Waals surface area (Å²) in [5.41, 5.74) is 3.57. The van der Waals surface area contributed by atoms with Gasteiger partial charge >= 0.3 is 0 Å². The van der Waals surface area contributed by atoms with Gasteiger partial charge in [-0.3, -0.25) is 4.79 Å². The molecule has 1 fully saturated rings. The summed E-state index contributed by atoms with van der Waals surface area (Å²) in [6.07, 6.45) is 6.43. The van der Waals surface area contributed by atoms with Crippen molar-refractivity contribution in [3.05, 3.63) is 112 Å². The second-order valence-corrected chi connectivity index (χ2v) is 12.9. The number of hydrogen-bond donors (Lipinski definition) is 1. The molecule has 0 radical (unpaired) electrons. The van der Waals surface area contributed by atoms with E-state index in [0.29, 0.717) is 17.1 Å². The molecule has 4 aromatic rings. The Labute approximate surface area is 244 Å². The minimum Gasteiger partial charge on any atom is -0.337 e. The smallest absolute Gasteiger partial charge is 0.244 e. The highest BCUT2D eigenvalue weighted by molar-refractivity contribution is 7.89. The Bertz CT molecular complexity index is 1710. The van der Waals surface area contributed by atoms with Crippen LogP contribution in [0.1, 0.15) is 53.7 Å². The number of imidazole rings is 1. The normalized spacial score (nSPS) is 19.9. The van der Waals surface area contributed by atoms with Crippen LogP contribution in [0.2, 0.25) is 5.02 Å². The molecule has 3 atom stereocenters. The number of fused-ring (bicyclic) bond motifs is 1. The molecule has 0 aliphatic heterocycles. The minimum atomic E-state index is -4.10. The molecular formula is C31H30ClFN4O3S. The van der Waals surface area contributed by atoms with Crippen LogP contribution in [-0.4, -0.2) is 23.9 Å². The largest absolute Gasteiger partial charge is 0.337 e. The second-order valence-electron chi connectivity index (χ2n) is 10.8. The Balaban J connectivity index is 1.32. The lowest BCUT2D eigenvalue weighted by molar-refractivity contribution is -0.120. The van der Waals surface area contributed by atoms with Crippen LogP contribution in [0, 0.1) is 11.7 Å². The second kappa shape index (κ2) is 11.0. The van der Waals surface area contributed by atoms with Crippen LogP contribution < -0.4 is 9.62 Å². The van der Waals surface area contributed by atoms with E-state index in [1.165, 1.54) is 18.2 Å². The van der Waals surface area contributed by atoms with Gasteiger partial charge in [0.25, 0.3) is 0 Å². The highest BCUT2D eigenvalue weighted by atomic mass is 35.5. The van der Waals surface area contributed by atoms with Gasteiger partial charge < -0.3 is 9.47 Å². The summed E-state index contributed by atoms with van der Waals surface area (Å²) in [5, 5.41) is 0.655. The fraction of sp³-hybridized carbons (Fsp3) is 0.290. The van der Waals surface area contributed by atoms with Gasteiger partial charge in [-0.05, 0) is 84.7 Å². The first-order valence-corrected chi connectivity index (χ1v) is 15.5. The molecule has 1 saturated carbocycles. The molecule has 10 heteroatoms. The molecule has 0 unspecified atom stereocenters. The summed E-state index contributed by atoms with van der Waals surface area (Å²) in [4.78, 5) is 19.8. The molecule has 6 rings (SSSR count).